The first kappa shape index (κ1) is 25.6. The average Bonchev–Trinajstić information content (AvgIpc) is 2.78. The minimum Gasteiger partial charge on any atom is -0.147 e. The maximum atomic E-state index is 2.86. The Bertz CT molecular complexity index is 716. The third-order valence-corrected chi connectivity index (χ3v) is 6.59. The van der Waals surface area contributed by atoms with Crippen LogP contribution in [0.5, 0.6) is 0 Å². The first-order valence-corrected chi connectivity index (χ1v) is 12.4. The van der Waals surface area contributed by atoms with E-state index in [0.29, 0.717) is 0 Å². The molecule has 0 aliphatic heterocycles. The van der Waals surface area contributed by atoms with E-state index in [4.69, 9.17) is 0 Å². The fraction of sp³-hybridized carbons (Fsp3) is 0.379. The van der Waals surface area contributed by atoms with Crippen LogP contribution in [0.2, 0.25) is 0 Å². The molecule has 0 saturated heterocycles. The van der Waals surface area contributed by atoms with Gasteiger partial charge in [-0.05, 0) is 60.4 Å². The first-order chi connectivity index (χ1) is 14.8. The SMILES string of the molecule is Cl.PCCCCCCCC(Cc1ccccc1)(Cc1ccccc1)Cc1ccccc1. The molecule has 0 N–H and O–H groups in total. The van der Waals surface area contributed by atoms with Crippen LogP contribution in [0.4, 0.5) is 0 Å². The molecule has 3 rings (SSSR count). The highest BCUT2D eigenvalue weighted by atomic mass is 35.5. The molecule has 0 aliphatic carbocycles. The molecule has 31 heavy (non-hydrogen) atoms. The van der Waals surface area contributed by atoms with Crippen molar-refractivity contribution in [2.24, 2.45) is 5.41 Å². The van der Waals surface area contributed by atoms with Crippen LogP contribution in [0.15, 0.2) is 91.0 Å². The molecule has 0 spiro atoms. The Morgan fingerprint density at radius 3 is 1.23 bits per heavy atom. The van der Waals surface area contributed by atoms with Gasteiger partial charge >= 0.3 is 0 Å². The molecule has 3 aromatic rings. The summed E-state index contributed by atoms with van der Waals surface area (Å²) < 4.78 is 0. The number of unbranched alkanes of at least 4 members (excludes halogenated alkanes) is 4. The topological polar surface area (TPSA) is 0 Å². The lowest BCUT2D eigenvalue weighted by molar-refractivity contribution is 0.243. The monoisotopic (exact) mass is 452 g/mol. The molecule has 0 nitrogen and oxygen atoms in total. The maximum absolute atomic E-state index is 2.86. The lowest BCUT2D eigenvalue weighted by Gasteiger charge is -2.35. The van der Waals surface area contributed by atoms with Gasteiger partial charge in [0.1, 0.15) is 0 Å². The van der Waals surface area contributed by atoms with Gasteiger partial charge in [-0.15, -0.1) is 21.6 Å². The molecule has 0 fully saturated rings. The molecule has 0 aromatic heterocycles. The summed E-state index contributed by atoms with van der Waals surface area (Å²) >= 11 is 0. The Morgan fingerprint density at radius 1 is 0.484 bits per heavy atom. The lowest BCUT2D eigenvalue weighted by atomic mass is 9.69. The van der Waals surface area contributed by atoms with Crippen LogP contribution in [-0.2, 0) is 19.3 Å². The van der Waals surface area contributed by atoms with Gasteiger partial charge in [0.15, 0.2) is 0 Å². The first-order valence-electron chi connectivity index (χ1n) is 11.6. The summed E-state index contributed by atoms with van der Waals surface area (Å²) in [5, 5.41) is 0. The van der Waals surface area contributed by atoms with Crippen molar-refractivity contribution >= 4 is 21.6 Å². The maximum Gasteiger partial charge on any atom is -0.0176 e. The summed E-state index contributed by atoms with van der Waals surface area (Å²) in [6, 6.07) is 33.4. The number of rotatable bonds is 13. The van der Waals surface area contributed by atoms with Gasteiger partial charge in [-0.1, -0.05) is 117 Å². The van der Waals surface area contributed by atoms with Gasteiger partial charge in [-0.2, -0.15) is 0 Å². The van der Waals surface area contributed by atoms with E-state index in [1.54, 1.807) is 0 Å². The van der Waals surface area contributed by atoms with Gasteiger partial charge in [0.2, 0.25) is 0 Å². The van der Waals surface area contributed by atoms with Crippen molar-refractivity contribution < 1.29 is 0 Å². The quantitative estimate of drug-likeness (QED) is 0.180. The van der Waals surface area contributed by atoms with Gasteiger partial charge in [0.25, 0.3) is 0 Å². The normalized spacial score (nSPS) is 11.1. The molecule has 2 heteroatoms. The van der Waals surface area contributed by atoms with E-state index in [2.05, 4.69) is 100 Å². The summed E-state index contributed by atoms with van der Waals surface area (Å²) in [5.74, 6) is 0. The van der Waals surface area contributed by atoms with E-state index in [0.717, 1.165) is 19.3 Å². The predicted octanol–water partition coefficient (Wildman–Crippen LogP) is 8.34. The predicted molar refractivity (Wildman–Crippen MR) is 142 cm³/mol. The largest absolute Gasteiger partial charge is 0.147 e. The summed E-state index contributed by atoms with van der Waals surface area (Å²) in [4.78, 5) is 0. The van der Waals surface area contributed by atoms with Crippen LogP contribution in [0, 0.1) is 5.41 Å². The molecular formula is C29H38ClP. The molecule has 0 amide bonds. The minimum absolute atomic E-state index is 0. The third kappa shape index (κ3) is 9.18. The molecule has 0 bridgehead atoms. The molecule has 0 radical (unpaired) electrons. The molecule has 1 unspecified atom stereocenters. The smallest absolute Gasteiger partial charge is 0.0176 e. The third-order valence-electron chi connectivity index (χ3n) is 6.18. The van der Waals surface area contributed by atoms with E-state index in [1.165, 1.54) is 61.4 Å². The van der Waals surface area contributed by atoms with Gasteiger partial charge < -0.3 is 0 Å². The summed E-state index contributed by atoms with van der Waals surface area (Å²) in [6.07, 6.45) is 12.7. The number of hydrogen-bond acceptors (Lipinski definition) is 0. The zero-order valence-electron chi connectivity index (χ0n) is 18.7. The Balaban J connectivity index is 0.00000341. The average molecular weight is 453 g/mol. The van der Waals surface area contributed by atoms with Crippen molar-refractivity contribution in [3.8, 4) is 0 Å². The molecule has 1 atom stereocenters. The molecule has 166 valence electrons. The minimum atomic E-state index is 0. The second-order valence-electron chi connectivity index (χ2n) is 8.79. The Labute approximate surface area is 198 Å². The zero-order chi connectivity index (χ0) is 20.9. The highest BCUT2D eigenvalue weighted by molar-refractivity contribution is 7.16. The van der Waals surface area contributed by atoms with Gasteiger partial charge in [-0.3, -0.25) is 0 Å². The van der Waals surface area contributed by atoms with E-state index >= 15 is 0 Å². The van der Waals surface area contributed by atoms with E-state index in [1.807, 2.05) is 0 Å². The van der Waals surface area contributed by atoms with Crippen molar-refractivity contribution in [1.82, 2.24) is 0 Å². The molecule has 0 saturated carbocycles. The summed E-state index contributed by atoms with van der Waals surface area (Å²) in [5.41, 5.74) is 4.65. The van der Waals surface area contributed by atoms with Crippen LogP contribution in [0.1, 0.15) is 55.2 Å². The van der Waals surface area contributed by atoms with Crippen LogP contribution in [-0.4, -0.2) is 6.16 Å². The van der Waals surface area contributed by atoms with Gasteiger partial charge in [-0.25, -0.2) is 0 Å². The molecule has 0 heterocycles. The Hall–Kier alpha value is -1.62. The van der Waals surface area contributed by atoms with Crippen LogP contribution >= 0.6 is 21.6 Å². The number of halogens is 1. The highest BCUT2D eigenvalue weighted by Crippen LogP contribution is 2.37. The standard InChI is InChI=1S/C29H37P.ClH/c30-22-14-3-1-2-13-21-29(23-26-15-7-4-8-16-26,24-27-17-9-5-10-18-27)25-28-19-11-6-12-20-28;/h4-12,15-20H,1-3,13-14,21-25,30H2;1H. The van der Waals surface area contributed by atoms with Crippen molar-refractivity contribution in [2.75, 3.05) is 6.16 Å². The van der Waals surface area contributed by atoms with Crippen molar-refractivity contribution in [3.05, 3.63) is 108 Å². The van der Waals surface area contributed by atoms with Gasteiger partial charge in [0.05, 0.1) is 0 Å². The lowest BCUT2D eigenvalue weighted by Crippen LogP contribution is -2.30. The summed E-state index contributed by atoms with van der Waals surface area (Å²) in [6.45, 7) is 0. The molecular weight excluding hydrogens is 415 g/mol. The number of hydrogen-bond donors (Lipinski definition) is 0. The zero-order valence-corrected chi connectivity index (χ0v) is 20.7. The van der Waals surface area contributed by atoms with Crippen molar-refractivity contribution in [1.29, 1.82) is 0 Å². The number of benzene rings is 3. The van der Waals surface area contributed by atoms with Gasteiger partial charge in [0, 0.05) is 0 Å². The van der Waals surface area contributed by atoms with Crippen LogP contribution in [0.3, 0.4) is 0 Å². The van der Waals surface area contributed by atoms with E-state index in [-0.39, 0.29) is 17.8 Å². The Kier molecular flexibility index (Phi) is 11.9. The van der Waals surface area contributed by atoms with E-state index in [9.17, 15) is 0 Å². The molecule has 0 aliphatic rings. The highest BCUT2D eigenvalue weighted by Gasteiger charge is 2.30. The van der Waals surface area contributed by atoms with E-state index < -0.39 is 0 Å². The van der Waals surface area contributed by atoms with Crippen LogP contribution in [0.25, 0.3) is 0 Å². The fourth-order valence-electron chi connectivity index (χ4n) is 4.71. The van der Waals surface area contributed by atoms with Crippen molar-refractivity contribution in [3.63, 3.8) is 0 Å². The fourth-order valence-corrected chi connectivity index (χ4v) is 5.00. The second-order valence-corrected chi connectivity index (χ2v) is 9.37. The molecule has 3 aromatic carbocycles. The van der Waals surface area contributed by atoms with Crippen molar-refractivity contribution in [2.45, 2.75) is 57.8 Å². The Morgan fingerprint density at radius 2 is 0.839 bits per heavy atom. The van der Waals surface area contributed by atoms with Crippen LogP contribution < -0.4 is 0 Å². The second kappa shape index (κ2) is 14.4. The summed E-state index contributed by atoms with van der Waals surface area (Å²) in [7, 11) is 2.86.